The van der Waals surface area contributed by atoms with E-state index in [1.54, 1.807) is 6.08 Å². The van der Waals surface area contributed by atoms with Gasteiger partial charge in [0.2, 0.25) is 0 Å². The normalized spacial score (nSPS) is 11.1. The summed E-state index contributed by atoms with van der Waals surface area (Å²) in [5.41, 5.74) is 1.25. The molecule has 0 atom stereocenters. The molecule has 0 unspecified atom stereocenters. The van der Waals surface area contributed by atoms with Gasteiger partial charge in [0.05, 0.1) is 0 Å². The molecule has 0 aliphatic rings. The summed E-state index contributed by atoms with van der Waals surface area (Å²) in [4.78, 5) is 11.4. The van der Waals surface area contributed by atoms with Crippen LogP contribution in [0.5, 0.6) is 0 Å². The van der Waals surface area contributed by atoms with Crippen molar-refractivity contribution in [3.8, 4) is 0 Å². The summed E-state index contributed by atoms with van der Waals surface area (Å²) < 4.78 is 0. The lowest BCUT2D eigenvalue weighted by molar-refractivity contribution is -0.116. The van der Waals surface area contributed by atoms with E-state index in [1.807, 2.05) is 13.8 Å². The van der Waals surface area contributed by atoms with Crippen LogP contribution in [0.1, 0.15) is 47.5 Å². The Balaban J connectivity index is 4.10. The highest BCUT2D eigenvalue weighted by Crippen LogP contribution is 2.24. The Morgan fingerprint density at radius 3 is 2.17 bits per heavy atom. The van der Waals surface area contributed by atoms with E-state index in [-0.39, 0.29) is 11.2 Å². The van der Waals surface area contributed by atoms with E-state index in [2.05, 4.69) is 20.8 Å². The lowest BCUT2D eigenvalue weighted by Gasteiger charge is -2.20. The molecule has 0 aromatic carbocycles. The summed E-state index contributed by atoms with van der Waals surface area (Å²) >= 11 is 0. The van der Waals surface area contributed by atoms with E-state index in [0.29, 0.717) is 6.42 Å². The molecule has 0 bridgehead atoms. The van der Waals surface area contributed by atoms with Gasteiger partial charge in [-0.2, -0.15) is 0 Å². The van der Waals surface area contributed by atoms with Gasteiger partial charge in [0.15, 0.2) is 5.78 Å². The topological polar surface area (TPSA) is 17.1 Å². The van der Waals surface area contributed by atoms with Crippen molar-refractivity contribution in [1.82, 2.24) is 0 Å². The molecule has 12 heavy (non-hydrogen) atoms. The van der Waals surface area contributed by atoms with Crippen LogP contribution in [0, 0.1) is 5.41 Å². The van der Waals surface area contributed by atoms with Gasteiger partial charge in [-0.25, -0.2) is 0 Å². The number of carbonyl (C=O) groups excluding carboxylic acids is 1. The van der Waals surface area contributed by atoms with E-state index in [4.69, 9.17) is 0 Å². The van der Waals surface area contributed by atoms with Crippen LogP contribution in [0.3, 0.4) is 0 Å². The second kappa shape index (κ2) is 4.44. The smallest absolute Gasteiger partial charge is 0.156 e. The maximum Gasteiger partial charge on any atom is 0.156 e. The van der Waals surface area contributed by atoms with Crippen molar-refractivity contribution in [2.45, 2.75) is 47.5 Å². The fourth-order valence-electron chi connectivity index (χ4n) is 0.970. The quantitative estimate of drug-likeness (QED) is 0.588. The Hall–Kier alpha value is -0.590. The van der Waals surface area contributed by atoms with Crippen LogP contribution >= 0.6 is 0 Å². The molecular weight excluding hydrogens is 148 g/mol. The van der Waals surface area contributed by atoms with Gasteiger partial charge in [0, 0.05) is 6.42 Å². The molecule has 0 amide bonds. The van der Waals surface area contributed by atoms with Crippen molar-refractivity contribution >= 4 is 5.78 Å². The fourth-order valence-corrected chi connectivity index (χ4v) is 0.970. The average Bonchev–Trinajstić information content (AvgIpc) is 1.84. The summed E-state index contributed by atoms with van der Waals surface area (Å²) in [5, 5.41) is 0. The number of hydrogen-bond donors (Lipinski definition) is 0. The highest BCUT2D eigenvalue weighted by Gasteiger charge is 2.17. The molecule has 0 heterocycles. The maximum absolute atomic E-state index is 11.4. The van der Waals surface area contributed by atoms with Crippen LogP contribution in [-0.2, 0) is 4.79 Å². The molecule has 70 valence electrons. The van der Waals surface area contributed by atoms with Crippen LogP contribution in [0.15, 0.2) is 11.6 Å². The van der Waals surface area contributed by atoms with Crippen molar-refractivity contribution in [1.29, 1.82) is 0 Å². The lowest BCUT2D eigenvalue weighted by atomic mass is 9.84. The van der Waals surface area contributed by atoms with Crippen LogP contribution in [0.2, 0.25) is 0 Å². The largest absolute Gasteiger partial charge is 0.295 e. The van der Waals surface area contributed by atoms with Gasteiger partial charge < -0.3 is 0 Å². The van der Waals surface area contributed by atoms with Gasteiger partial charge in [0.1, 0.15) is 0 Å². The molecule has 0 spiro atoms. The Morgan fingerprint density at radius 1 is 1.33 bits per heavy atom. The number of rotatable bonds is 4. The lowest BCUT2D eigenvalue weighted by Crippen LogP contribution is -2.14. The molecular formula is C11H20O. The van der Waals surface area contributed by atoms with E-state index in [0.717, 1.165) is 12.0 Å². The maximum atomic E-state index is 11.4. The zero-order chi connectivity index (χ0) is 9.78. The third-order valence-electron chi connectivity index (χ3n) is 2.06. The van der Waals surface area contributed by atoms with Gasteiger partial charge in [-0.05, 0) is 25.3 Å². The molecule has 0 N–H and O–H groups in total. The van der Waals surface area contributed by atoms with Gasteiger partial charge in [-0.1, -0.05) is 32.8 Å². The Morgan fingerprint density at radius 2 is 1.83 bits per heavy atom. The van der Waals surface area contributed by atoms with E-state index >= 15 is 0 Å². The minimum Gasteiger partial charge on any atom is -0.295 e. The van der Waals surface area contributed by atoms with Crippen molar-refractivity contribution < 1.29 is 4.79 Å². The molecule has 0 aliphatic carbocycles. The van der Waals surface area contributed by atoms with Crippen LogP contribution < -0.4 is 0 Å². The van der Waals surface area contributed by atoms with Crippen molar-refractivity contribution in [3.63, 3.8) is 0 Å². The Bertz CT molecular complexity index is 183. The number of carbonyl (C=O) groups is 1. The molecule has 0 saturated carbocycles. The van der Waals surface area contributed by atoms with E-state index in [9.17, 15) is 4.79 Å². The minimum atomic E-state index is 0.156. The second-order valence-corrected chi connectivity index (χ2v) is 4.38. The Kier molecular flexibility index (Phi) is 4.22. The number of ketones is 1. The fraction of sp³-hybridized carbons (Fsp3) is 0.727. The first-order valence-corrected chi connectivity index (χ1v) is 4.55. The molecule has 0 saturated heterocycles. The van der Waals surface area contributed by atoms with Crippen LogP contribution in [0.4, 0.5) is 0 Å². The van der Waals surface area contributed by atoms with Crippen LogP contribution in [0.25, 0.3) is 0 Å². The molecule has 0 radical (unpaired) electrons. The zero-order valence-corrected chi connectivity index (χ0v) is 8.90. The summed E-state index contributed by atoms with van der Waals surface area (Å²) in [6.45, 7) is 10.3. The molecule has 0 aromatic heterocycles. The first kappa shape index (κ1) is 11.4. The molecule has 1 nitrogen and oxygen atoms in total. The standard InChI is InChI=1S/C11H20O/c1-6-11(4,5)8-10(12)7-9(2)3/h7H,6,8H2,1-5H3. The number of hydrogen-bond acceptors (Lipinski definition) is 1. The van der Waals surface area contributed by atoms with Gasteiger partial charge in [-0.3, -0.25) is 4.79 Å². The minimum absolute atomic E-state index is 0.156. The van der Waals surface area contributed by atoms with Crippen LogP contribution in [-0.4, -0.2) is 5.78 Å². The molecule has 0 fully saturated rings. The van der Waals surface area contributed by atoms with Crippen molar-refractivity contribution in [2.75, 3.05) is 0 Å². The van der Waals surface area contributed by atoms with E-state index in [1.165, 1.54) is 0 Å². The monoisotopic (exact) mass is 168 g/mol. The summed E-state index contributed by atoms with van der Waals surface area (Å²) in [6.07, 6.45) is 3.45. The third-order valence-corrected chi connectivity index (χ3v) is 2.06. The summed E-state index contributed by atoms with van der Waals surface area (Å²) in [5.74, 6) is 0.252. The molecule has 1 heteroatoms. The van der Waals surface area contributed by atoms with E-state index < -0.39 is 0 Å². The number of allylic oxidation sites excluding steroid dienone is 2. The highest BCUT2D eigenvalue weighted by molar-refractivity contribution is 5.90. The summed E-state index contributed by atoms with van der Waals surface area (Å²) in [6, 6.07) is 0. The van der Waals surface area contributed by atoms with Crippen molar-refractivity contribution in [2.24, 2.45) is 5.41 Å². The predicted molar refractivity (Wildman–Crippen MR) is 53.1 cm³/mol. The first-order valence-electron chi connectivity index (χ1n) is 4.55. The Labute approximate surface area is 75.9 Å². The SMILES string of the molecule is CCC(C)(C)CC(=O)C=C(C)C. The highest BCUT2D eigenvalue weighted by atomic mass is 16.1. The van der Waals surface area contributed by atoms with Gasteiger partial charge in [0.25, 0.3) is 0 Å². The van der Waals surface area contributed by atoms with Crippen molar-refractivity contribution in [3.05, 3.63) is 11.6 Å². The second-order valence-electron chi connectivity index (χ2n) is 4.38. The average molecular weight is 168 g/mol. The third kappa shape index (κ3) is 5.11. The molecule has 0 aliphatic heterocycles. The predicted octanol–water partition coefficient (Wildman–Crippen LogP) is 3.35. The van der Waals surface area contributed by atoms with Gasteiger partial charge in [-0.15, -0.1) is 0 Å². The zero-order valence-electron chi connectivity index (χ0n) is 8.90. The summed E-state index contributed by atoms with van der Waals surface area (Å²) in [7, 11) is 0. The van der Waals surface area contributed by atoms with Gasteiger partial charge >= 0.3 is 0 Å². The molecule has 0 rings (SSSR count). The first-order chi connectivity index (χ1) is 5.37. The molecule has 0 aromatic rings.